The van der Waals surface area contributed by atoms with Crippen LogP contribution in [0.15, 0.2) is 72.1 Å². The van der Waals surface area contributed by atoms with Gasteiger partial charge in [0.2, 0.25) is 0 Å². The maximum atomic E-state index is 12.6. The van der Waals surface area contributed by atoms with Crippen LogP contribution in [0.3, 0.4) is 0 Å². The van der Waals surface area contributed by atoms with Crippen LogP contribution < -0.4 is 0 Å². The van der Waals surface area contributed by atoms with E-state index < -0.39 is 0 Å². The Bertz CT molecular complexity index is 1190. The smallest absolute Gasteiger partial charge is 0.196 e. The Hall–Kier alpha value is -2.96. The summed E-state index contributed by atoms with van der Waals surface area (Å²) >= 11 is 7.29. The number of carbonyl (C=O) groups is 1. The van der Waals surface area contributed by atoms with Crippen LogP contribution >= 0.6 is 23.4 Å². The molecule has 0 amide bonds. The number of benzene rings is 2. The van der Waals surface area contributed by atoms with Gasteiger partial charge in [0.25, 0.3) is 0 Å². The van der Waals surface area contributed by atoms with E-state index in [1.807, 2.05) is 28.8 Å². The molecule has 0 unspecified atom stereocenters. The molecule has 0 saturated heterocycles. The van der Waals surface area contributed by atoms with Gasteiger partial charge in [-0.15, -0.1) is 10.2 Å². The number of ketones is 1. The van der Waals surface area contributed by atoms with Crippen LogP contribution in [0.4, 0.5) is 0 Å². The third-order valence-corrected chi connectivity index (χ3v) is 6.07. The molecule has 2 aromatic heterocycles. The molecule has 0 aliphatic heterocycles. The van der Waals surface area contributed by atoms with E-state index in [1.54, 1.807) is 36.7 Å². The average Bonchev–Trinajstić information content (AvgIpc) is 3.19. The summed E-state index contributed by atoms with van der Waals surface area (Å²) in [4.78, 5) is 16.7. The minimum Gasteiger partial charge on any atom is -0.293 e. The standard InChI is InChI=1S/C23H19ClN4OS/c1-15-4-3-5-20(16(15)2)28-22(18-10-12-25-13-11-18)26-27-23(28)30-14-21(29)17-6-8-19(24)9-7-17/h3-13H,14H2,1-2H3. The summed E-state index contributed by atoms with van der Waals surface area (Å²) in [7, 11) is 0. The van der Waals surface area contributed by atoms with Gasteiger partial charge in [0.05, 0.1) is 11.4 Å². The highest BCUT2D eigenvalue weighted by Crippen LogP contribution is 2.30. The number of aromatic nitrogens is 4. The Kier molecular flexibility index (Phi) is 5.97. The first-order chi connectivity index (χ1) is 14.5. The number of Topliss-reactive ketones (excluding diaryl/α,β-unsaturated/α-hetero) is 1. The summed E-state index contributed by atoms with van der Waals surface area (Å²) in [5.41, 5.74) is 4.84. The number of halogens is 1. The Labute approximate surface area is 184 Å². The van der Waals surface area contributed by atoms with Gasteiger partial charge in [0.15, 0.2) is 16.8 Å². The topological polar surface area (TPSA) is 60.7 Å². The van der Waals surface area contributed by atoms with E-state index in [1.165, 1.54) is 17.3 Å². The number of pyridine rings is 1. The van der Waals surface area contributed by atoms with E-state index in [-0.39, 0.29) is 11.5 Å². The van der Waals surface area contributed by atoms with E-state index in [0.717, 1.165) is 16.8 Å². The quantitative estimate of drug-likeness (QED) is 0.293. The molecule has 30 heavy (non-hydrogen) atoms. The third kappa shape index (κ3) is 4.15. The van der Waals surface area contributed by atoms with Gasteiger partial charge in [-0.3, -0.25) is 14.3 Å². The average molecular weight is 435 g/mol. The van der Waals surface area contributed by atoms with Gasteiger partial charge in [0.1, 0.15) is 0 Å². The number of hydrogen-bond acceptors (Lipinski definition) is 5. The summed E-state index contributed by atoms with van der Waals surface area (Å²) in [5.74, 6) is 0.978. The molecule has 4 rings (SSSR count). The van der Waals surface area contributed by atoms with Crippen LogP contribution in [0.25, 0.3) is 17.1 Å². The molecule has 0 radical (unpaired) electrons. The van der Waals surface area contributed by atoms with Crippen molar-refractivity contribution in [2.75, 3.05) is 5.75 Å². The zero-order valence-corrected chi connectivity index (χ0v) is 18.1. The highest BCUT2D eigenvalue weighted by atomic mass is 35.5. The van der Waals surface area contributed by atoms with Gasteiger partial charge < -0.3 is 0 Å². The minimum absolute atomic E-state index is 0.0117. The van der Waals surface area contributed by atoms with Crippen LogP contribution in [-0.4, -0.2) is 31.3 Å². The van der Waals surface area contributed by atoms with E-state index in [9.17, 15) is 4.79 Å². The van der Waals surface area contributed by atoms with Crippen molar-refractivity contribution in [1.29, 1.82) is 0 Å². The van der Waals surface area contributed by atoms with Crippen molar-refractivity contribution in [3.8, 4) is 17.1 Å². The van der Waals surface area contributed by atoms with Crippen molar-refractivity contribution in [2.24, 2.45) is 0 Å². The fourth-order valence-corrected chi connectivity index (χ4v) is 4.06. The zero-order valence-electron chi connectivity index (χ0n) is 16.5. The molecule has 0 N–H and O–H groups in total. The van der Waals surface area contributed by atoms with Gasteiger partial charge >= 0.3 is 0 Å². The summed E-state index contributed by atoms with van der Waals surface area (Å²) in [6.07, 6.45) is 3.46. The third-order valence-electron chi connectivity index (χ3n) is 4.89. The second-order valence-electron chi connectivity index (χ2n) is 6.82. The lowest BCUT2D eigenvalue weighted by Gasteiger charge is -2.14. The van der Waals surface area contributed by atoms with Crippen molar-refractivity contribution in [2.45, 2.75) is 19.0 Å². The molecular weight excluding hydrogens is 416 g/mol. The van der Waals surface area contributed by atoms with Crippen molar-refractivity contribution < 1.29 is 4.79 Å². The molecule has 0 saturated carbocycles. The van der Waals surface area contributed by atoms with Crippen LogP contribution in [0.5, 0.6) is 0 Å². The van der Waals surface area contributed by atoms with Gasteiger partial charge in [-0.25, -0.2) is 0 Å². The number of carbonyl (C=O) groups excluding carboxylic acids is 1. The molecular formula is C23H19ClN4OS. The molecule has 0 fully saturated rings. The molecule has 0 aliphatic carbocycles. The summed E-state index contributed by atoms with van der Waals surface area (Å²) in [5, 5.41) is 10.1. The largest absolute Gasteiger partial charge is 0.293 e. The van der Waals surface area contributed by atoms with Crippen molar-refractivity contribution in [3.05, 3.63) is 88.7 Å². The lowest BCUT2D eigenvalue weighted by atomic mass is 10.1. The highest BCUT2D eigenvalue weighted by molar-refractivity contribution is 7.99. The van der Waals surface area contributed by atoms with Gasteiger partial charge in [-0.2, -0.15) is 0 Å². The number of hydrogen-bond donors (Lipinski definition) is 0. The lowest BCUT2D eigenvalue weighted by Crippen LogP contribution is -2.06. The SMILES string of the molecule is Cc1cccc(-n2c(SCC(=O)c3ccc(Cl)cc3)nnc2-c2ccncc2)c1C. The fourth-order valence-electron chi connectivity index (χ4n) is 3.10. The molecule has 7 heteroatoms. The fraction of sp³-hybridized carbons (Fsp3) is 0.130. The van der Waals surface area contributed by atoms with E-state index >= 15 is 0 Å². The maximum Gasteiger partial charge on any atom is 0.196 e. The van der Waals surface area contributed by atoms with Crippen molar-refractivity contribution in [1.82, 2.24) is 19.7 Å². The zero-order chi connectivity index (χ0) is 21.1. The first-order valence-electron chi connectivity index (χ1n) is 9.38. The monoisotopic (exact) mass is 434 g/mol. The Morgan fingerprint density at radius 1 is 1.00 bits per heavy atom. The van der Waals surface area contributed by atoms with E-state index in [4.69, 9.17) is 11.6 Å². The normalized spacial score (nSPS) is 10.9. The molecule has 0 spiro atoms. The first-order valence-corrected chi connectivity index (χ1v) is 10.7. The number of aryl methyl sites for hydroxylation is 1. The molecule has 0 atom stereocenters. The predicted molar refractivity (Wildman–Crippen MR) is 121 cm³/mol. The Morgan fingerprint density at radius 3 is 2.47 bits per heavy atom. The Morgan fingerprint density at radius 2 is 1.73 bits per heavy atom. The highest BCUT2D eigenvalue weighted by Gasteiger charge is 2.19. The van der Waals surface area contributed by atoms with Gasteiger partial charge in [-0.05, 0) is 67.4 Å². The van der Waals surface area contributed by atoms with Crippen LogP contribution in [0.2, 0.25) is 5.02 Å². The predicted octanol–water partition coefficient (Wildman–Crippen LogP) is 5.57. The van der Waals surface area contributed by atoms with Crippen LogP contribution in [0, 0.1) is 13.8 Å². The molecule has 5 nitrogen and oxygen atoms in total. The van der Waals surface area contributed by atoms with Crippen LogP contribution in [-0.2, 0) is 0 Å². The van der Waals surface area contributed by atoms with Crippen molar-refractivity contribution in [3.63, 3.8) is 0 Å². The molecule has 4 aromatic rings. The maximum absolute atomic E-state index is 12.6. The van der Waals surface area contributed by atoms with Gasteiger partial charge in [0, 0.05) is 28.5 Å². The molecule has 150 valence electrons. The molecule has 2 aromatic carbocycles. The number of thioether (sulfide) groups is 1. The Balaban J connectivity index is 1.71. The van der Waals surface area contributed by atoms with E-state index in [2.05, 4.69) is 35.1 Å². The second-order valence-corrected chi connectivity index (χ2v) is 8.19. The first kappa shape index (κ1) is 20.3. The number of nitrogens with zero attached hydrogens (tertiary/aromatic N) is 4. The molecule has 0 aliphatic rings. The lowest BCUT2D eigenvalue weighted by molar-refractivity contribution is 0.102. The molecule has 0 bridgehead atoms. The summed E-state index contributed by atoms with van der Waals surface area (Å²) < 4.78 is 2.01. The summed E-state index contributed by atoms with van der Waals surface area (Å²) in [6.45, 7) is 4.15. The second kappa shape index (κ2) is 8.81. The number of rotatable bonds is 6. The van der Waals surface area contributed by atoms with Crippen molar-refractivity contribution >= 4 is 29.1 Å². The molecule has 2 heterocycles. The minimum atomic E-state index is 0.0117. The van der Waals surface area contributed by atoms with Crippen LogP contribution in [0.1, 0.15) is 21.5 Å². The summed E-state index contributed by atoms with van der Waals surface area (Å²) in [6, 6.07) is 16.9. The van der Waals surface area contributed by atoms with E-state index in [0.29, 0.717) is 21.6 Å². The van der Waals surface area contributed by atoms with Gasteiger partial charge in [-0.1, -0.05) is 35.5 Å².